The number of furan rings is 1. The lowest BCUT2D eigenvalue weighted by Crippen LogP contribution is -2.54. The zero-order chi connectivity index (χ0) is 34.2. The molecule has 4 aromatic heterocycles. The maximum absolute atomic E-state index is 6.67. The SMILES string of the molecule is C=C1CC2C(CCc3ccc4c(oc5ncccc54)c3-c3cc(CC(C)(C)C)cc[n+]31)c1ccccc1-c1cc(CC)c([Si](C)(C)C)c[n+]12. The molecule has 49 heavy (non-hydrogen) atoms. The van der Waals surface area contributed by atoms with Gasteiger partial charge in [-0.25, -0.2) is 4.98 Å². The number of hydrogen-bond acceptors (Lipinski definition) is 2. The highest BCUT2D eigenvalue weighted by Gasteiger charge is 2.44. The molecule has 0 amide bonds. The zero-order valence-electron chi connectivity index (χ0n) is 30.2. The van der Waals surface area contributed by atoms with E-state index in [-0.39, 0.29) is 11.5 Å². The molecule has 6 aromatic rings. The fraction of sp³-hybridized carbons (Fsp3) is 0.341. The van der Waals surface area contributed by atoms with Gasteiger partial charge in [0.1, 0.15) is 0 Å². The maximum Gasteiger partial charge on any atom is 0.227 e. The number of hydrogen-bond donors (Lipinski definition) is 0. The van der Waals surface area contributed by atoms with Gasteiger partial charge in [0.25, 0.3) is 0 Å². The van der Waals surface area contributed by atoms with E-state index in [1.54, 1.807) is 5.19 Å². The summed E-state index contributed by atoms with van der Waals surface area (Å²) in [6, 6.07) is 25.4. The normalized spacial score (nSPS) is 17.7. The van der Waals surface area contributed by atoms with Crippen molar-refractivity contribution in [1.82, 2.24) is 4.98 Å². The van der Waals surface area contributed by atoms with E-state index >= 15 is 0 Å². The van der Waals surface area contributed by atoms with E-state index in [1.165, 1.54) is 39.1 Å². The van der Waals surface area contributed by atoms with E-state index in [4.69, 9.17) is 11.0 Å². The second-order valence-electron chi connectivity index (χ2n) is 16.6. The first kappa shape index (κ1) is 31.9. The van der Waals surface area contributed by atoms with E-state index in [1.807, 2.05) is 12.3 Å². The summed E-state index contributed by atoms with van der Waals surface area (Å²) in [5, 5.41) is 3.76. The first-order valence-corrected chi connectivity index (χ1v) is 21.6. The van der Waals surface area contributed by atoms with Crippen LogP contribution in [0.5, 0.6) is 0 Å². The molecule has 0 radical (unpaired) electrons. The van der Waals surface area contributed by atoms with Gasteiger partial charge in [0.15, 0.2) is 29.7 Å². The molecule has 0 bridgehead atoms. The van der Waals surface area contributed by atoms with Gasteiger partial charge in [-0.05, 0) is 78.1 Å². The van der Waals surface area contributed by atoms with Crippen molar-refractivity contribution in [2.24, 2.45) is 5.41 Å². The van der Waals surface area contributed by atoms with Gasteiger partial charge in [-0.2, -0.15) is 9.13 Å². The van der Waals surface area contributed by atoms with Crippen LogP contribution >= 0.6 is 0 Å². The van der Waals surface area contributed by atoms with Crippen molar-refractivity contribution in [3.05, 3.63) is 114 Å². The average Bonchev–Trinajstić information content (AvgIpc) is 3.44. The van der Waals surface area contributed by atoms with Crippen molar-refractivity contribution in [2.75, 3.05) is 0 Å². The van der Waals surface area contributed by atoms with Gasteiger partial charge in [-0.1, -0.05) is 77.7 Å². The average molecular weight is 664 g/mol. The Bertz CT molecular complexity index is 2280. The first-order chi connectivity index (χ1) is 23.4. The monoisotopic (exact) mass is 663 g/mol. The molecular weight excluding hydrogens is 615 g/mol. The minimum Gasteiger partial charge on any atom is -0.437 e. The van der Waals surface area contributed by atoms with Crippen LogP contribution in [-0.2, 0) is 19.3 Å². The van der Waals surface area contributed by atoms with Gasteiger partial charge >= 0.3 is 0 Å². The first-order valence-electron chi connectivity index (χ1n) is 18.1. The van der Waals surface area contributed by atoms with Gasteiger partial charge in [0, 0.05) is 51.8 Å². The molecular formula is C44H49N3OSi+2. The van der Waals surface area contributed by atoms with Crippen molar-refractivity contribution < 1.29 is 13.6 Å². The number of nitrogens with zero attached hydrogens (tertiary/aromatic N) is 3. The van der Waals surface area contributed by atoms with Gasteiger partial charge in [0.2, 0.25) is 17.1 Å². The number of aryl methyl sites for hydroxylation is 2. The Hall–Kier alpha value is -4.35. The fourth-order valence-corrected chi connectivity index (χ4v) is 10.4. The van der Waals surface area contributed by atoms with E-state index in [9.17, 15) is 0 Å². The van der Waals surface area contributed by atoms with Crippen molar-refractivity contribution >= 4 is 41.0 Å². The highest BCUT2D eigenvalue weighted by Crippen LogP contribution is 2.45. The maximum atomic E-state index is 6.67. The summed E-state index contributed by atoms with van der Waals surface area (Å²) in [5.41, 5.74) is 13.6. The summed E-state index contributed by atoms with van der Waals surface area (Å²) in [5.74, 6) is 0.343. The standard InChI is InChI=1S/C44H49N3OSi/c1-9-30-25-38-33-14-11-10-13-32(33)34-18-16-31-17-19-35-36-15-12-21-45-43(36)48-42(35)41(31)39-24-29(26-44(3,4)5)20-22-46(39)28(2)23-37(34)47(38)27-40(30)49(6,7)8/h10-15,17,19-22,24-25,27,34,37H,2,9,16,18,23,26H2,1,3-8H3/q+2. The molecule has 248 valence electrons. The van der Waals surface area contributed by atoms with E-state index in [0.29, 0.717) is 11.6 Å². The molecule has 2 unspecified atom stereocenters. The molecule has 0 fully saturated rings. The minimum absolute atomic E-state index is 0.165. The Morgan fingerprint density at radius 2 is 1.78 bits per heavy atom. The third-order valence-corrected chi connectivity index (χ3v) is 12.9. The van der Waals surface area contributed by atoms with Crippen molar-refractivity contribution in [1.29, 1.82) is 0 Å². The molecule has 2 atom stereocenters. The Labute approximate surface area is 292 Å². The van der Waals surface area contributed by atoms with Crippen LogP contribution in [0.25, 0.3) is 50.3 Å². The molecule has 2 aliphatic rings. The zero-order valence-corrected chi connectivity index (χ0v) is 31.2. The van der Waals surface area contributed by atoms with Crippen LogP contribution in [0.3, 0.4) is 0 Å². The highest BCUT2D eigenvalue weighted by molar-refractivity contribution is 6.89. The molecule has 0 N–H and O–H groups in total. The van der Waals surface area contributed by atoms with Crippen LogP contribution in [-0.4, -0.2) is 13.1 Å². The second-order valence-corrected chi connectivity index (χ2v) is 21.7. The van der Waals surface area contributed by atoms with Crippen molar-refractivity contribution in [2.45, 2.75) is 91.4 Å². The highest BCUT2D eigenvalue weighted by atomic mass is 28.3. The molecule has 0 saturated carbocycles. The lowest BCUT2D eigenvalue weighted by Gasteiger charge is -2.33. The molecule has 2 aromatic carbocycles. The molecule has 8 rings (SSSR count). The van der Waals surface area contributed by atoms with Crippen LogP contribution in [0.2, 0.25) is 19.6 Å². The van der Waals surface area contributed by atoms with Crippen LogP contribution in [0.15, 0.2) is 96.3 Å². The van der Waals surface area contributed by atoms with Crippen LogP contribution in [0.1, 0.15) is 74.8 Å². The van der Waals surface area contributed by atoms with Crippen LogP contribution in [0, 0.1) is 5.41 Å². The molecule has 6 heterocycles. The smallest absolute Gasteiger partial charge is 0.227 e. The van der Waals surface area contributed by atoms with Gasteiger partial charge in [0.05, 0.1) is 20.1 Å². The summed E-state index contributed by atoms with van der Waals surface area (Å²) in [4.78, 5) is 4.63. The summed E-state index contributed by atoms with van der Waals surface area (Å²) < 4.78 is 11.7. The quantitative estimate of drug-likeness (QED) is 0.140. The van der Waals surface area contributed by atoms with Crippen molar-refractivity contribution in [3.8, 4) is 22.5 Å². The third kappa shape index (κ3) is 5.47. The number of benzene rings is 2. The predicted octanol–water partition coefficient (Wildman–Crippen LogP) is 9.73. The Morgan fingerprint density at radius 3 is 2.55 bits per heavy atom. The van der Waals surface area contributed by atoms with Gasteiger partial charge < -0.3 is 4.42 Å². The summed E-state index contributed by atoms with van der Waals surface area (Å²) >= 11 is 0. The van der Waals surface area contributed by atoms with E-state index < -0.39 is 8.07 Å². The Kier molecular flexibility index (Phi) is 7.56. The number of pyridine rings is 3. The second kappa shape index (κ2) is 11.6. The van der Waals surface area contributed by atoms with Gasteiger partial charge in [-0.3, -0.25) is 0 Å². The number of fused-ring (bicyclic) bond motifs is 13. The van der Waals surface area contributed by atoms with Gasteiger partial charge in [-0.15, -0.1) is 0 Å². The Balaban J connectivity index is 1.38. The molecule has 0 saturated heterocycles. The number of allylic oxidation sites excluding steroid dienone is 1. The molecule has 2 aliphatic heterocycles. The summed E-state index contributed by atoms with van der Waals surface area (Å²) in [6.45, 7) is 21.6. The van der Waals surface area contributed by atoms with Crippen LogP contribution < -0.4 is 14.3 Å². The predicted molar refractivity (Wildman–Crippen MR) is 205 cm³/mol. The lowest BCUT2D eigenvalue weighted by atomic mass is 9.77. The molecule has 5 heteroatoms. The van der Waals surface area contributed by atoms with E-state index in [0.717, 1.165) is 59.9 Å². The lowest BCUT2D eigenvalue weighted by molar-refractivity contribution is -0.719. The summed E-state index contributed by atoms with van der Waals surface area (Å²) in [7, 11) is -1.60. The van der Waals surface area contributed by atoms with E-state index in [2.05, 4.69) is 135 Å². The fourth-order valence-electron chi connectivity index (χ4n) is 8.70. The third-order valence-electron chi connectivity index (χ3n) is 10.9. The number of aromatic nitrogens is 3. The topological polar surface area (TPSA) is 33.8 Å². The molecule has 0 spiro atoms. The largest absolute Gasteiger partial charge is 0.437 e. The Morgan fingerprint density at radius 1 is 0.959 bits per heavy atom. The molecule has 4 nitrogen and oxygen atoms in total. The summed E-state index contributed by atoms with van der Waals surface area (Å²) in [6.07, 6.45) is 11.5. The van der Waals surface area contributed by atoms with Crippen molar-refractivity contribution in [3.63, 3.8) is 0 Å². The number of rotatable bonds is 3. The minimum atomic E-state index is -1.60. The molecule has 0 aliphatic carbocycles. The van der Waals surface area contributed by atoms with Crippen LogP contribution in [0.4, 0.5) is 0 Å².